The first-order chi connectivity index (χ1) is 11.2. The van der Waals surface area contributed by atoms with E-state index in [0.717, 1.165) is 44.0 Å². The van der Waals surface area contributed by atoms with Crippen molar-refractivity contribution in [2.45, 2.75) is 6.42 Å². The molecule has 0 radical (unpaired) electrons. The van der Waals surface area contributed by atoms with Crippen LogP contribution in [0.1, 0.15) is 16.9 Å². The molecule has 1 amide bonds. The molecule has 9 heteroatoms. The van der Waals surface area contributed by atoms with E-state index in [9.17, 15) is 4.79 Å². The van der Waals surface area contributed by atoms with E-state index in [1.807, 2.05) is 6.07 Å². The molecule has 24 heavy (non-hydrogen) atoms. The molecular weight excluding hydrogens is 371 g/mol. The van der Waals surface area contributed by atoms with Crippen LogP contribution >= 0.6 is 35.3 Å². The quantitative estimate of drug-likeness (QED) is 0.741. The lowest BCUT2D eigenvalue weighted by atomic mass is 10.3. The van der Waals surface area contributed by atoms with Gasteiger partial charge in [-0.1, -0.05) is 16.8 Å². The molecule has 3 rings (SSSR count). The Bertz CT molecular complexity index is 655. The van der Waals surface area contributed by atoms with Crippen LogP contribution < -0.4 is 10.6 Å². The number of nitrogens with zero attached hydrogens (tertiary/aromatic N) is 2. The first-order valence-electron chi connectivity index (χ1n) is 7.66. The molecule has 0 unspecified atom stereocenters. The number of carbonyl (C=O) groups excluding carboxylic acids is 1. The van der Waals surface area contributed by atoms with Gasteiger partial charge in [-0.3, -0.25) is 4.79 Å². The van der Waals surface area contributed by atoms with Gasteiger partial charge in [0.05, 0.1) is 9.21 Å². The number of piperazine rings is 1. The lowest BCUT2D eigenvalue weighted by Gasteiger charge is -2.26. The molecule has 0 spiro atoms. The first kappa shape index (κ1) is 19.2. The number of rotatable bonds is 6. The Labute approximate surface area is 155 Å². The zero-order valence-corrected chi connectivity index (χ0v) is 15.5. The van der Waals surface area contributed by atoms with E-state index in [2.05, 4.69) is 20.7 Å². The number of carbonyl (C=O) groups is 1. The van der Waals surface area contributed by atoms with Crippen LogP contribution in [0.25, 0.3) is 10.6 Å². The van der Waals surface area contributed by atoms with Gasteiger partial charge in [0.25, 0.3) is 5.91 Å². The fourth-order valence-electron chi connectivity index (χ4n) is 2.47. The molecule has 1 saturated heterocycles. The van der Waals surface area contributed by atoms with Crippen LogP contribution in [-0.2, 0) is 0 Å². The molecule has 0 saturated carbocycles. The summed E-state index contributed by atoms with van der Waals surface area (Å²) in [7, 11) is 0. The van der Waals surface area contributed by atoms with Gasteiger partial charge < -0.3 is 20.1 Å². The van der Waals surface area contributed by atoms with Gasteiger partial charge in [0.2, 0.25) is 0 Å². The second-order valence-corrected chi connectivity index (χ2v) is 7.10. The molecular formula is C15H20Cl2N4O2S. The molecule has 3 heterocycles. The maximum atomic E-state index is 12.1. The van der Waals surface area contributed by atoms with Gasteiger partial charge in [0, 0.05) is 38.8 Å². The summed E-state index contributed by atoms with van der Waals surface area (Å²) < 4.78 is 5.89. The molecule has 0 atom stereocenters. The molecule has 1 fully saturated rings. The van der Waals surface area contributed by atoms with Gasteiger partial charge in [-0.05, 0) is 25.1 Å². The fraction of sp³-hybridized carbons (Fsp3) is 0.467. The van der Waals surface area contributed by atoms with E-state index in [1.54, 1.807) is 12.1 Å². The van der Waals surface area contributed by atoms with Crippen molar-refractivity contribution in [1.29, 1.82) is 0 Å². The molecule has 0 aliphatic carbocycles. The second-order valence-electron chi connectivity index (χ2n) is 5.38. The Hall–Kier alpha value is -1.12. The standard InChI is InChI=1S/C15H19ClN4O2S.ClH/c16-14-3-2-13(23-14)12-10-11(19-22-12)15(21)18-4-1-7-20-8-5-17-6-9-20;/h2-3,10,17H,1,4-9H2,(H,18,21);1H. The Kier molecular flexibility index (Phi) is 7.51. The number of amides is 1. The topological polar surface area (TPSA) is 70.4 Å². The third-order valence-electron chi connectivity index (χ3n) is 3.71. The summed E-state index contributed by atoms with van der Waals surface area (Å²) in [5.74, 6) is 0.357. The van der Waals surface area contributed by atoms with Gasteiger partial charge in [-0.2, -0.15) is 0 Å². The monoisotopic (exact) mass is 390 g/mol. The van der Waals surface area contributed by atoms with Crippen molar-refractivity contribution >= 4 is 41.3 Å². The molecule has 2 aromatic rings. The van der Waals surface area contributed by atoms with Crippen molar-refractivity contribution in [1.82, 2.24) is 20.7 Å². The van der Waals surface area contributed by atoms with Crippen LogP contribution in [-0.4, -0.2) is 55.2 Å². The second kappa shape index (κ2) is 9.39. The van der Waals surface area contributed by atoms with E-state index in [1.165, 1.54) is 11.3 Å². The Balaban J connectivity index is 0.00000208. The predicted molar refractivity (Wildman–Crippen MR) is 98.3 cm³/mol. The van der Waals surface area contributed by atoms with Gasteiger partial charge in [-0.25, -0.2) is 0 Å². The highest BCUT2D eigenvalue weighted by molar-refractivity contribution is 7.19. The number of aromatic nitrogens is 1. The highest BCUT2D eigenvalue weighted by atomic mass is 35.5. The zero-order valence-electron chi connectivity index (χ0n) is 13.1. The van der Waals surface area contributed by atoms with E-state index in [-0.39, 0.29) is 18.3 Å². The summed E-state index contributed by atoms with van der Waals surface area (Å²) in [6, 6.07) is 5.29. The Morgan fingerprint density at radius 2 is 2.21 bits per heavy atom. The van der Waals surface area contributed by atoms with Gasteiger partial charge in [0.1, 0.15) is 0 Å². The molecule has 132 valence electrons. The SMILES string of the molecule is Cl.O=C(NCCCN1CCNCC1)c1cc(-c2ccc(Cl)s2)on1. The van der Waals surface area contributed by atoms with Crippen molar-refractivity contribution in [3.8, 4) is 10.6 Å². The minimum Gasteiger partial charge on any atom is -0.355 e. The molecule has 2 aromatic heterocycles. The number of hydrogen-bond acceptors (Lipinski definition) is 6. The van der Waals surface area contributed by atoms with E-state index >= 15 is 0 Å². The van der Waals surface area contributed by atoms with Crippen molar-refractivity contribution in [3.05, 3.63) is 28.2 Å². The van der Waals surface area contributed by atoms with E-state index in [4.69, 9.17) is 16.1 Å². The normalized spacial score (nSPS) is 15.0. The average molecular weight is 391 g/mol. The molecule has 1 aliphatic rings. The van der Waals surface area contributed by atoms with Crippen molar-refractivity contribution in [2.24, 2.45) is 0 Å². The van der Waals surface area contributed by atoms with Gasteiger partial charge in [0.15, 0.2) is 11.5 Å². The van der Waals surface area contributed by atoms with Crippen molar-refractivity contribution in [3.63, 3.8) is 0 Å². The summed E-state index contributed by atoms with van der Waals surface area (Å²) >= 11 is 7.29. The maximum absolute atomic E-state index is 12.1. The lowest BCUT2D eigenvalue weighted by Crippen LogP contribution is -2.44. The highest BCUT2D eigenvalue weighted by Gasteiger charge is 2.15. The number of hydrogen-bond donors (Lipinski definition) is 2. The Morgan fingerprint density at radius 1 is 1.42 bits per heavy atom. The smallest absolute Gasteiger partial charge is 0.273 e. The van der Waals surface area contributed by atoms with Crippen LogP contribution in [0.4, 0.5) is 0 Å². The summed E-state index contributed by atoms with van der Waals surface area (Å²) in [5.41, 5.74) is 0.298. The fourth-order valence-corrected chi connectivity index (χ4v) is 3.47. The van der Waals surface area contributed by atoms with Crippen LogP contribution in [0.5, 0.6) is 0 Å². The third-order valence-corrected chi connectivity index (χ3v) is 4.95. The first-order valence-corrected chi connectivity index (χ1v) is 8.85. The van der Waals surface area contributed by atoms with Crippen molar-refractivity contribution in [2.75, 3.05) is 39.3 Å². The summed E-state index contributed by atoms with van der Waals surface area (Å²) in [4.78, 5) is 15.3. The number of thiophene rings is 1. The van der Waals surface area contributed by atoms with E-state index < -0.39 is 0 Å². The molecule has 0 aromatic carbocycles. The number of halogens is 2. The van der Waals surface area contributed by atoms with Crippen LogP contribution in [0.3, 0.4) is 0 Å². The highest BCUT2D eigenvalue weighted by Crippen LogP contribution is 2.31. The van der Waals surface area contributed by atoms with Crippen LogP contribution in [0.15, 0.2) is 22.7 Å². The summed E-state index contributed by atoms with van der Waals surface area (Å²) in [6.45, 7) is 5.87. The van der Waals surface area contributed by atoms with Crippen molar-refractivity contribution < 1.29 is 9.32 Å². The number of nitrogens with one attached hydrogen (secondary N) is 2. The summed E-state index contributed by atoms with van der Waals surface area (Å²) in [6.07, 6.45) is 0.928. The average Bonchev–Trinajstić information content (AvgIpc) is 3.21. The van der Waals surface area contributed by atoms with Crippen LogP contribution in [0.2, 0.25) is 4.34 Å². The van der Waals surface area contributed by atoms with Gasteiger partial charge in [-0.15, -0.1) is 23.7 Å². The summed E-state index contributed by atoms with van der Waals surface area (Å²) in [5, 5.41) is 10.0. The maximum Gasteiger partial charge on any atom is 0.273 e. The third kappa shape index (κ3) is 5.19. The van der Waals surface area contributed by atoms with Crippen LogP contribution in [0, 0.1) is 0 Å². The van der Waals surface area contributed by atoms with Gasteiger partial charge >= 0.3 is 0 Å². The predicted octanol–water partition coefficient (Wildman–Crippen LogP) is 2.50. The minimum atomic E-state index is -0.206. The Morgan fingerprint density at radius 3 is 2.92 bits per heavy atom. The molecule has 6 nitrogen and oxygen atoms in total. The minimum absolute atomic E-state index is 0. The molecule has 0 bridgehead atoms. The molecule has 2 N–H and O–H groups in total. The zero-order chi connectivity index (χ0) is 16.1. The molecule has 1 aliphatic heterocycles. The van der Waals surface area contributed by atoms with E-state index in [0.29, 0.717) is 22.3 Å². The largest absolute Gasteiger partial charge is 0.355 e. The lowest BCUT2D eigenvalue weighted by molar-refractivity contribution is 0.0942.